The second-order valence-corrected chi connectivity index (χ2v) is 12.7. The first-order chi connectivity index (χ1) is 24.8. The van der Waals surface area contributed by atoms with Gasteiger partial charge in [-0.25, -0.2) is 9.97 Å². The van der Waals surface area contributed by atoms with Gasteiger partial charge >= 0.3 is 0 Å². The van der Waals surface area contributed by atoms with Crippen molar-refractivity contribution in [2.75, 3.05) is 0 Å². The molecule has 5 heterocycles. The number of para-hydroxylation sites is 4. The van der Waals surface area contributed by atoms with Crippen LogP contribution in [0.2, 0.25) is 0 Å². The molecule has 0 radical (unpaired) electrons. The molecule has 50 heavy (non-hydrogen) atoms. The van der Waals surface area contributed by atoms with Crippen LogP contribution in [0.15, 0.2) is 164 Å². The molecule has 0 amide bonds. The Morgan fingerprint density at radius 3 is 1.96 bits per heavy atom. The summed E-state index contributed by atoms with van der Waals surface area (Å²) in [7, 11) is 0. The van der Waals surface area contributed by atoms with Crippen molar-refractivity contribution < 1.29 is 4.74 Å². The highest BCUT2D eigenvalue weighted by atomic mass is 16.5. The molecule has 0 fully saturated rings. The SMILES string of the molecule is c1ccc(-n2c3ccccc3c3c(Oc4ccc5c6ccccc6n6ccnc6c5c4)cc4c(c5ccccc5n4-c4ccccn4)c32)cc1. The Hall–Kier alpha value is -6.92. The normalized spacial score (nSPS) is 12.0. The monoisotopic (exact) mass is 641 g/mol. The molecule has 6 heteroatoms. The van der Waals surface area contributed by atoms with E-state index in [-0.39, 0.29) is 0 Å². The molecule has 0 unspecified atom stereocenters. The molecule has 0 N–H and O–H groups in total. The van der Waals surface area contributed by atoms with Gasteiger partial charge in [0, 0.05) is 57.3 Å². The van der Waals surface area contributed by atoms with Crippen LogP contribution in [-0.2, 0) is 0 Å². The number of aromatic nitrogens is 5. The van der Waals surface area contributed by atoms with Gasteiger partial charge < -0.3 is 9.30 Å². The van der Waals surface area contributed by atoms with Gasteiger partial charge in [0.25, 0.3) is 0 Å². The van der Waals surface area contributed by atoms with Gasteiger partial charge in [-0.3, -0.25) is 8.97 Å². The van der Waals surface area contributed by atoms with Gasteiger partial charge in [-0.2, -0.15) is 0 Å². The van der Waals surface area contributed by atoms with Crippen LogP contribution in [0.25, 0.3) is 82.4 Å². The van der Waals surface area contributed by atoms with Crippen molar-refractivity contribution in [2.45, 2.75) is 0 Å². The maximum atomic E-state index is 7.11. The summed E-state index contributed by atoms with van der Waals surface area (Å²) in [5.41, 5.74) is 7.44. The maximum absolute atomic E-state index is 7.11. The molecule has 0 aliphatic heterocycles. The molecular weight excluding hydrogens is 615 g/mol. The average Bonchev–Trinajstić information content (AvgIpc) is 3.89. The van der Waals surface area contributed by atoms with Gasteiger partial charge in [0.2, 0.25) is 0 Å². The third kappa shape index (κ3) is 3.73. The van der Waals surface area contributed by atoms with Crippen LogP contribution in [0.3, 0.4) is 0 Å². The smallest absolute Gasteiger partial charge is 0.145 e. The summed E-state index contributed by atoms with van der Waals surface area (Å²) in [5, 5.41) is 7.85. The summed E-state index contributed by atoms with van der Waals surface area (Å²) in [6.07, 6.45) is 5.74. The summed E-state index contributed by atoms with van der Waals surface area (Å²) in [6.45, 7) is 0. The van der Waals surface area contributed by atoms with Gasteiger partial charge in [-0.15, -0.1) is 0 Å². The van der Waals surface area contributed by atoms with Crippen LogP contribution in [0.5, 0.6) is 11.5 Å². The highest BCUT2D eigenvalue weighted by Gasteiger charge is 2.25. The summed E-state index contributed by atoms with van der Waals surface area (Å²) in [4.78, 5) is 9.60. The summed E-state index contributed by atoms with van der Waals surface area (Å²) in [5.74, 6) is 2.37. The second-order valence-electron chi connectivity index (χ2n) is 12.7. The molecule has 0 atom stereocenters. The van der Waals surface area contributed by atoms with Crippen LogP contribution in [0.4, 0.5) is 0 Å². The Balaban J connectivity index is 1.28. The van der Waals surface area contributed by atoms with Crippen molar-refractivity contribution >= 4 is 70.9 Å². The highest BCUT2D eigenvalue weighted by Crippen LogP contribution is 2.47. The Kier molecular flexibility index (Phi) is 5.57. The Labute approximate surface area is 285 Å². The van der Waals surface area contributed by atoms with Gasteiger partial charge in [-0.05, 0) is 66.0 Å². The molecule has 0 saturated carbocycles. The first kappa shape index (κ1) is 27.1. The number of hydrogen-bond donors (Lipinski definition) is 0. The van der Waals surface area contributed by atoms with E-state index in [0.717, 1.165) is 88.6 Å². The van der Waals surface area contributed by atoms with Crippen molar-refractivity contribution in [3.05, 3.63) is 164 Å². The molecule has 11 rings (SSSR count). The van der Waals surface area contributed by atoms with E-state index in [1.165, 1.54) is 5.39 Å². The van der Waals surface area contributed by atoms with Crippen LogP contribution in [0.1, 0.15) is 0 Å². The van der Waals surface area contributed by atoms with E-state index >= 15 is 0 Å². The Morgan fingerprint density at radius 1 is 0.460 bits per heavy atom. The zero-order valence-electron chi connectivity index (χ0n) is 26.7. The van der Waals surface area contributed by atoms with E-state index in [2.05, 4.69) is 147 Å². The molecule has 6 aromatic carbocycles. The van der Waals surface area contributed by atoms with E-state index in [9.17, 15) is 0 Å². The number of fused-ring (bicyclic) bond motifs is 13. The lowest BCUT2D eigenvalue weighted by Crippen LogP contribution is -1.98. The molecule has 234 valence electrons. The third-order valence-corrected chi connectivity index (χ3v) is 9.98. The van der Waals surface area contributed by atoms with Crippen molar-refractivity contribution in [3.8, 4) is 23.0 Å². The molecule has 0 aliphatic rings. The third-order valence-electron chi connectivity index (χ3n) is 9.98. The zero-order chi connectivity index (χ0) is 32.8. The van der Waals surface area contributed by atoms with Crippen LogP contribution in [-0.4, -0.2) is 23.5 Å². The zero-order valence-corrected chi connectivity index (χ0v) is 26.7. The topological polar surface area (TPSA) is 49.3 Å². The fourth-order valence-electron chi connectivity index (χ4n) is 7.97. The van der Waals surface area contributed by atoms with E-state index in [4.69, 9.17) is 14.7 Å². The molecule has 5 aromatic heterocycles. The standard InChI is InChI=1S/C44H27N5O/c1-2-12-28(13-3-1)48-36-18-8-6-16-33(36)42-39(27-38-41(43(42)48)32-15-5-9-19-37(32)49(38)40-20-10-11-23-45-40)50-29-21-22-30-31-14-4-7-17-35(31)47-25-24-46-44(47)34(30)26-29/h1-27H. The summed E-state index contributed by atoms with van der Waals surface area (Å²) < 4.78 is 13.9. The van der Waals surface area contributed by atoms with E-state index in [1.807, 2.05) is 30.7 Å². The lowest BCUT2D eigenvalue weighted by molar-refractivity contribution is 0.490. The molecule has 0 spiro atoms. The molecule has 11 aromatic rings. The lowest BCUT2D eigenvalue weighted by atomic mass is 10.1. The van der Waals surface area contributed by atoms with E-state index in [1.54, 1.807) is 0 Å². The molecular formula is C44H27N5O. The number of rotatable bonds is 4. The Morgan fingerprint density at radius 2 is 1.16 bits per heavy atom. The fourth-order valence-corrected chi connectivity index (χ4v) is 7.97. The predicted molar refractivity (Wildman–Crippen MR) is 203 cm³/mol. The number of imidazole rings is 1. The largest absolute Gasteiger partial charge is 0.457 e. The minimum Gasteiger partial charge on any atom is -0.457 e. The highest BCUT2D eigenvalue weighted by molar-refractivity contribution is 6.28. The number of ether oxygens (including phenoxy) is 1. The summed E-state index contributed by atoms with van der Waals surface area (Å²) >= 11 is 0. The van der Waals surface area contributed by atoms with Gasteiger partial charge in [-0.1, -0.05) is 78.9 Å². The molecule has 0 aliphatic carbocycles. The van der Waals surface area contributed by atoms with Crippen molar-refractivity contribution in [2.24, 2.45) is 0 Å². The quantitative estimate of drug-likeness (QED) is 0.180. The first-order valence-electron chi connectivity index (χ1n) is 16.7. The number of benzene rings is 6. The molecule has 6 nitrogen and oxygen atoms in total. The van der Waals surface area contributed by atoms with Gasteiger partial charge in [0.05, 0.1) is 33.0 Å². The van der Waals surface area contributed by atoms with Crippen LogP contribution < -0.4 is 4.74 Å². The molecule has 0 bridgehead atoms. The van der Waals surface area contributed by atoms with Crippen LogP contribution >= 0.6 is 0 Å². The van der Waals surface area contributed by atoms with Gasteiger partial charge in [0.15, 0.2) is 0 Å². The van der Waals surface area contributed by atoms with Gasteiger partial charge in [0.1, 0.15) is 23.0 Å². The average molecular weight is 642 g/mol. The molecule has 0 saturated heterocycles. The minimum atomic E-state index is 0.746. The second kappa shape index (κ2) is 10.3. The number of hydrogen-bond acceptors (Lipinski definition) is 3. The van der Waals surface area contributed by atoms with Crippen molar-refractivity contribution in [1.29, 1.82) is 0 Å². The van der Waals surface area contributed by atoms with Crippen molar-refractivity contribution in [1.82, 2.24) is 23.5 Å². The number of pyridine rings is 2. The van der Waals surface area contributed by atoms with E-state index in [0.29, 0.717) is 0 Å². The number of nitrogens with zero attached hydrogens (tertiary/aromatic N) is 5. The van der Waals surface area contributed by atoms with Crippen molar-refractivity contribution in [3.63, 3.8) is 0 Å². The van der Waals surface area contributed by atoms with Crippen LogP contribution in [0, 0.1) is 0 Å². The Bertz CT molecular complexity index is 3120. The summed E-state index contributed by atoms with van der Waals surface area (Å²) in [6, 6.07) is 50.9. The fraction of sp³-hybridized carbons (Fsp3) is 0. The maximum Gasteiger partial charge on any atom is 0.145 e. The minimum absolute atomic E-state index is 0.746. The lowest BCUT2D eigenvalue weighted by Gasteiger charge is -2.14. The van der Waals surface area contributed by atoms with E-state index < -0.39 is 0 Å². The first-order valence-corrected chi connectivity index (χ1v) is 16.7. The predicted octanol–water partition coefficient (Wildman–Crippen LogP) is 11.0.